The molecular weight excluding hydrogens is 333 g/mol. The lowest BCUT2D eigenvalue weighted by Gasteiger charge is -2.13. The lowest BCUT2D eigenvalue weighted by molar-refractivity contribution is 0.0947. The van der Waals surface area contributed by atoms with Gasteiger partial charge in [-0.15, -0.1) is 0 Å². The molecule has 0 unspecified atom stereocenters. The molecule has 3 rings (SSSR count). The van der Waals surface area contributed by atoms with Crippen molar-refractivity contribution in [3.63, 3.8) is 0 Å². The molecule has 3 aromatic rings. The molecule has 5 nitrogen and oxygen atoms in total. The zero-order valence-corrected chi connectivity index (χ0v) is 14.7. The fraction of sp³-hybridized carbons (Fsp3) is 0.250. The maximum absolute atomic E-state index is 13.1. The highest BCUT2D eigenvalue weighted by molar-refractivity contribution is 5.96. The number of halogens is 1. The summed E-state index contributed by atoms with van der Waals surface area (Å²) in [5, 5.41) is 3.48. The van der Waals surface area contributed by atoms with Crippen molar-refractivity contribution in [1.29, 1.82) is 0 Å². The van der Waals surface area contributed by atoms with Crippen LogP contribution in [-0.4, -0.2) is 22.0 Å². The van der Waals surface area contributed by atoms with Crippen molar-refractivity contribution in [1.82, 2.24) is 14.9 Å². The second kappa shape index (κ2) is 7.47. The summed E-state index contributed by atoms with van der Waals surface area (Å²) in [7, 11) is 0. The average molecular weight is 353 g/mol. The van der Waals surface area contributed by atoms with Gasteiger partial charge in [0.15, 0.2) is 0 Å². The van der Waals surface area contributed by atoms with Gasteiger partial charge >= 0.3 is 0 Å². The van der Waals surface area contributed by atoms with Gasteiger partial charge in [0, 0.05) is 18.1 Å². The number of nitrogens with zero attached hydrogens (tertiary/aromatic N) is 2. The van der Waals surface area contributed by atoms with Crippen LogP contribution < -0.4 is 10.9 Å². The monoisotopic (exact) mass is 353 g/mol. The molecular formula is C20H20FN3O2. The van der Waals surface area contributed by atoms with E-state index in [4.69, 9.17) is 0 Å². The standard InChI is InChI=1S/C20H20FN3O2/c1-13(2)11-23-19(25)17-10-15-4-3-9-22-18(15)24(20(17)26)12-14-5-7-16(21)8-6-14/h3-10,13H,11-12H2,1-2H3,(H,23,25). The molecule has 0 spiro atoms. The summed E-state index contributed by atoms with van der Waals surface area (Å²) in [4.78, 5) is 29.7. The predicted octanol–water partition coefficient (Wildman–Crippen LogP) is 2.97. The summed E-state index contributed by atoms with van der Waals surface area (Å²) in [6, 6.07) is 11.0. The summed E-state index contributed by atoms with van der Waals surface area (Å²) in [5.74, 6) is -0.462. The number of benzene rings is 1. The smallest absolute Gasteiger partial charge is 0.265 e. The van der Waals surface area contributed by atoms with Crippen molar-refractivity contribution >= 4 is 16.9 Å². The van der Waals surface area contributed by atoms with Crippen LogP contribution >= 0.6 is 0 Å². The van der Waals surface area contributed by atoms with Crippen molar-refractivity contribution in [3.05, 3.63) is 76.0 Å². The van der Waals surface area contributed by atoms with Crippen LogP contribution in [0.4, 0.5) is 4.39 Å². The molecule has 26 heavy (non-hydrogen) atoms. The number of amides is 1. The fourth-order valence-corrected chi connectivity index (χ4v) is 2.68. The molecule has 1 amide bonds. The highest BCUT2D eigenvalue weighted by atomic mass is 19.1. The quantitative estimate of drug-likeness (QED) is 0.767. The third-order valence-corrected chi connectivity index (χ3v) is 4.02. The van der Waals surface area contributed by atoms with E-state index in [1.165, 1.54) is 16.7 Å². The molecule has 0 aliphatic heterocycles. The Bertz CT molecular complexity index is 994. The molecule has 2 heterocycles. The van der Waals surface area contributed by atoms with Gasteiger partial charge in [0.05, 0.1) is 6.54 Å². The Balaban J connectivity index is 2.08. The summed E-state index contributed by atoms with van der Waals surface area (Å²) in [6.45, 7) is 4.66. The second-order valence-electron chi connectivity index (χ2n) is 6.60. The Morgan fingerprint density at radius 1 is 1.23 bits per heavy atom. The first-order valence-corrected chi connectivity index (χ1v) is 8.47. The van der Waals surface area contributed by atoms with E-state index in [1.54, 1.807) is 30.5 Å². The number of aromatic nitrogens is 2. The molecule has 0 aliphatic rings. The number of carbonyl (C=O) groups is 1. The van der Waals surface area contributed by atoms with Gasteiger partial charge < -0.3 is 5.32 Å². The molecule has 2 aromatic heterocycles. The van der Waals surface area contributed by atoms with E-state index in [0.29, 0.717) is 17.6 Å². The molecule has 0 radical (unpaired) electrons. The number of pyridine rings is 2. The lowest BCUT2D eigenvalue weighted by atomic mass is 10.1. The van der Waals surface area contributed by atoms with E-state index in [-0.39, 0.29) is 23.8 Å². The molecule has 0 aliphatic carbocycles. The van der Waals surface area contributed by atoms with Crippen molar-refractivity contribution in [2.24, 2.45) is 5.92 Å². The van der Waals surface area contributed by atoms with Crippen molar-refractivity contribution in [2.75, 3.05) is 6.54 Å². The average Bonchev–Trinajstić information content (AvgIpc) is 2.63. The first-order chi connectivity index (χ1) is 12.5. The van der Waals surface area contributed by atoms with Crippen molar-refractivity contribution in [3.8, 4) is 0 Å². The van der Waals surface area contributed by atoms with Crippen LogP contribution in [0.2, 0.25) is 0 Å². The van der Waals surface area contributed by atoms with E-state index < -0.39 is 11.5 Å². The summed E-state index contributed by atoms with van der Waals surface area (Å²) >= 11 is 0. The van der Waals surface area contributed by atoms with Gasteiger partial charge in [-0.05, 0) is 41.8 Å². The highest BCUT2D eigenvalue weighted by Crippen LogP contribution is 2.13. The molecule has 0 atom stereocenters. The van der Waals surface area contributed by atoms with Gasteiger partial charge in [0.25, 0.3) is 11.5 Å². The Labute approximate surface area is 150 Å². The molecule has 0 saturated carbocycles. The minimum Gasteiger partial charge on any atom is -0.352 e. The van der Waals surface area contributed by atoms with Crippen LogP contribution in [0.25, 0.3) is 11.0 Å². The molecule has 1 aromatic carbocycles. The van der Waals surface area contributed by atoms with Crippen LogP contribution in [0, 0.1) is 11.7 Å². The van der Waals surface area contributed by atoms with Crippen molar-refractivity contribution < 1.29 is 9.18 Å². The molecule has 0 saturated heterocycles. The Morgan fingerprint density at radius 2 is 1.96 bits per heavy atom. The Kier molecular flexibility index (Phi) is 5.11. The molecule has 1 N–H and O–H groups in total. The van der Waals surface area contributed by atoms with E-state index in [1.807, 2.05) is 19.9 Å². The first kappa shape index (κ1) is 17.8. The zero-order chi connectivity index (χ0) is 18.7. The van der Waals surface area contributed by atoms with E-state index in [2.05, 4.69) is 10.3 Å². The van der Waals surface area contributed by atoms with Crippen LogP contribution in [0.3, 0.4) is 0 Å². The van der Waals surface area contributed by atoms with Gasteiger partial charge in [-0.1, -0.05) is 26.0 Å². The van der Waals surface area contributed by atoms with Crippen molar-refractivity contribution in [2.45, 2.75) is 20.4 Å². The zero-order valence-electron chi connectivity index (χ0n) is 14.7. The summed E-state index contributed by atoms with van der Waals surface area (Å²) in [6.07, 6.45) is 1.60. The summed E-state index contributed by atoms with van der Waals surface area (Å²) < 4.78 is 14.6. The maximum atomic E-state index is 13.1. The molecule has 134 valence electrons. The topological polar surface area (TPSA) is 64.0 Å². The summed E-state index contributed by atoms with van der Waals surface area (Å²) in [5.41, 5.74) is 0.900. The third-order valence-electron chi connectivity index (χ3n) is 4.02. The minimum atomic E-state index is -0.415. The maximum Gasteiger partial charge on any atom is 0.265 e. The van der Waals surface area contributed by atoms with Crippen LogP contribution in [-0.2, 0) is 6.54 Å². The van der Waals surface area contributed by atoms with Gasteiger partial charge in [0.2, 0.25) is 0 Å². The molecule has 0 fully saturated rings. The number of rotatable bonds is 5. The van der Waals surface area contributed by atoms with Crippen LogP contribution in [0.15, 0.2) is 53.5 Å². The van der Waals surface area contributed by atoms with Gasteiger partial charge in [-0.3, -0.25) is 14.2 Å². The lowest BCUT2D eigenvalue weighted by Crippen LogP contribution is -2.35. The number of fused-ring (bicyclic) bond motifs is 1. The van der Waals surface area contributed by atoms with E-state index in [0.717, 1.165) is 5.56 Å². The SMILES string of the molecule is CC(C)CNC(=O)c1cc2cccnc2n(Cc2ccc(F)cc2)c1=O. The van der Waals surface area contributed by atoms with Gasteiger partial charge in [-0.2, -0.15) is 0 Å². The highest BCUT2D eigenvalue weighted by Gasteiger charge is 2.16. The largest absolute Gasteiger partial charge is 0.352 e. The second-order valence-corrected chi connectivity index (χ2v) is 6.60. The minimum absolute atomic E-state index is 0.0771. The Hall–Kier alpha value is -3.02. The Morgan fingerprint density at radius 3 is 2.65 bits per heavy atom. The third kappa shape index (κ3) is 3.79. The van der Waals surface area contributed by atoms with E-state index >= 15 is 0 Å². The fourth-order valence-electron chi connectivity index (χ4n) is 2.68. The van der Waals surface area contributed by atoms with Gasteiger partial charge in [-0.25, -0.2) is 9.37 Å². The van der Waals surface area contributed by atoms with Gasteiger partial charge in [0.1, 0.15) is 17.0 Å². The number of carbonyl (C=O) groups excluding carboxylic acids is 1. The normalized spacial score (nSPS) is 11.1. The number of nitrogens with one attached hydrogen (secondary N) is 1. The predicted molar refractivity (Wildman–Crippen MR) is 98.7 cm³/mol. The van der Waals surface area contributed by atoms with Crippen LogP contribution in [0.1, 0.15) is 29.8 Å². The van der Waals surface area contributed by atoms with E-state index in [9.17, 15) is 14.0 Å². The molecule has 6 heteroatoms. The van der Waals surface area contributed by atoms with Crippen LogP contribution in [0.5, 0.6) is 0 Å². The first-order valence-electron chi connectivity index (χ1n) is 8.47. The number of hydrogen-bond acceptors (Lipinski definition) is 3. The molecule has 0 bridgehead atoms. The number of hydrogen-bond donors (Lipinski definition) is 1.